The van der Waals surface area contributed by atoms with Crippen molar-refractivity contribution in [1.29, 1.82) is 0 Å². The van der Waals surface area contributed by atoms with Crippen LogP contribution < -0.4 is 10.1 Å². The second-order valence-electron chi connectivity index (χ2n) is 9.74. The van der Waals surface area contributed by atoms with Gasteiger partial charge in [0.05, 0.1) is 11.6 Å². The number of carbonyl (C=O) groups is 1. The Morgan fingerprint density at radius 1 is 1.11 bits per heavy atom. The Bertz CT molecular complexity index is 1410. The van der Waals surface area contributed by atoms with Crippen molar-refractivity contribution < 1.29 is 9.53 Å². The topological polar surface area (TPSA) is 67.4 Å². The van der Waals surface area contributed by atoms with Crippen molar-refractivity contribution in [2.24, 2.45) is 0 Å². The number of nitrogens with one attached hydrogen (secondary N) is 1. The number of hydrogen-bond donors (Lipinski definition) is 1. The third-order valence-electron chi connectivity index (χ3n) is 7.35. The van der Waals surface area contributed by atoms with Crippen LogP contribution in [0.2, 0.25) is 5.02 Å². The number of aryl methyl sites for hydroxylation is 1. The summed E-state index contributed by atoms with van der Waals surface area (Å²) in [6.07, 6.45) is 7.61. The largest absolute Gasteiger partial charge is 0.494 e. The van der Waals surface area contributed by atoms with E-state index in [4.69, 9.17) is 16.3 Å². The highest BCUT2D eigenvalue weighted by molar-refractivity contribution is 7.21. The fourth-order valence-electron chi connectivity index (χ4n) is 5.23. The molecule has 5 rings (SSSR count). The van der Waals surface area contributed by atoms with Crippen molar-refractivity contribution >= 4 is 38.9 Å². The lowest BCUT2D eigenvalue weighted by molar-refractivity contribution is 0.0604. The van der Waals surface area contributed by atoms with Crippen LogP contribution in [0.3, 0.4) is 0 Å². The molecule has 2 aromatic carbocycles. The van der Waals surface area contributed by atoms with Crippen molar-refractivity contribution in [2.45, 2.75) is 58.2 Å². The van der Waals surface area contributed by atoms with Crippen molar-refractivity contribution in [3.8, 4) is 16.9 Å². The first-order valence-corrected chi connectivity index (χ1v) is 14.4. The number of carbonyl (C=O) groups excluding carboxylic acids is 1. The van der Waals surface area contributed by atoms with E-state index in [1.165, 1.54) is 11.3 Å². The zero-order chi connectivity index (χ0) is 26.6. The average molecular weight is 549 g/mol. The number of thiophene rings is 1. The first kappa shape index (κ1) is 26.6. The van der Waals surface area contributed by atoms with Gasteiger partial charge in [-0.05, 0) is 70.3 Å². The highest BCUT2D eigenvalue weighted by Gasteiger charge is 2.32. The second-order valence-corrected chi connectivity index (χ2v) is 11.2. The number of aromatic nitrogens is 2. The Morgan fingerprint density at radius 3 is 2.53 bits per heavy atom. The maximum Gasteiger partial charge on any atom is 0.266 e. The summed E-state index contributed by atoms with van der Waals surface area (Å²) in [5.41, 5.74) is 2.89. The number of nitrogens with zero attached hydrogens (tertiary/aromatic N) is 3. The zero-order valence-corrected chi connectivity index (χ0v) is 23.6. The molecule has 1 saturated carbocycles. The van der Waals surface area contributed by atoms with Gasteiger partial charge in [0.2, 0.25) is 0 Å². The number of ether oxygens (including phenoxy) is 1. The van der Waals surface area contributed by atoms with Crippen molar-refractivity contribution in [3.05, 3.63) is 76.1 Å². The molecule has 6 nitrogen and oxygen atoms in total. The molecule has 0 spiro atoms. The lowest BCUT2D eigenvalue weighted by Crippen LogP contribution is -2.44. The van der Waals surface area contributed by atoms with Gasteiger partial charge < -0.3 is 15.0 Å². The van der Waals surface area contributed by atoms with Gasteiger partial charge in [0, 0.05) is 52.2 Å². The number of fused-ring (bicyclic) bond motifs is 1. The van der Waals surface area contributed by atoms with Crippen LogP contribution in [0.15, 0.2) is 54.9 Å². The van der Waals surface area contributed by atoms with E-state index < -0.39 is 0 Å². The van der Waals surface area contributed by atoms with Crippen LogP contribution >= 0.6 is 22.9 Å². The summed E-state index contributed by atoms with van der Waals surface area (Å²) >= 11 is 8.27. The van der Waals surface area contributed by atoms with Gasteiger partial charge in [0.15, 0.2) is 0 Å². The molecule has 0 aliphatic heterocycles. The summed E-state index contributed by atoms with van der Waals surface area (Å²) < 4.78 is 7.05. The summed E-state index contributed by atoms with van der Waals surface area (Å²) in [5, 5.41) is 4.87. The van der Waals surface area contributed by atoms with Crippen LogP contribution in [0, 0.1) is 6.92 Å². The third-order valence-corrected chi connectivity index (χ3v) is 9.01. The van der Waals surface area contributed by atoms with E-state index in [0.29, 0.717) is 29.1 Å². The maximum atomic E-state index is 14.2. The molecule has 1 fully saturated rings. The monoisotopic (exact) mass is 548 g/mol. The van der Waals surface area contributed by atoms with Crippen LogP contribution in [0.1, 0.15) is 53.7 Å². The molecule has 2 aromatic heterocycles. The van der Waals surface area contributed by atoms with Crippen LogP contribution in [0.4, 0.5) is 0 Å². The highest BCUT2D eigenvalue weighted by atomic mass is 35.5. The Morgan fingerprint density at radius 2 is 1.84 bits per heavy atom. The van der Waals surface area contributed by atoms with Gasteiger partial charge in [0.1, 0.15) is 16.5 Å². The number of amides is 1. The quantitative estimate of drug-likeness (QED) is 0.259. The molecule has 198 valence electrons. The van der Waals surface area contributed by atoms with E-state index in [-0.39, 0.29) is 11.9 Å². The molecular weight excluding hydrogens is 516 g/mol. The van der Waals surface area contributed by atoms with E-state index in [9.17, 15) is 4.79 Å². The molecule has 2 heterocycles. The van der Waals surface area contributed by atoms with Gasteiger partial charge in [-0.25, -0.2) is 9.97 Å². The summed E-state index contributed by atoms with van der Waals surface area (Å²) in [4.78, 5) is 25.6. The molecule has 4 aromatic rings. The van der Waals surface area contributed by atoms with Crippen LogP contribution in [0.25, 0.3) is 21.2 Å². The first-order chi connectivity index (χ1) is 18.5. The standard InChI is InChI=1S/C30H33ClN4O2S/c1-4-37-26-14-9-20(22-16-33-19(2)34-17-22)15-21(26)18-35(24-12-10-23(32-3)11-13-24)30(36)29-28(31)25-7-5-6-8-27(25)38-29/h5-9,14-17,23-24,32H,4,10-13,18H2,1-3H3/t23-,24+. The molecule has 8 heteroatoms. The lowest BCUT2D eigenvalue weighted by atomic mass is 9.89. The second kappa shape index (κ2) is 11.8. The minimum absolute atomic E-state index is 0.0179. The van der Waals surface area contributed by atoms with Crippen molar-refractivity contribution in [2.75, 3.05) is 13.7 Å². The highest BCUT2D eigenvalue weighted by Crippen LogP contribution is 2.38. The summed E-state index contributed by atoms with van der Waals surface area (Å²) in [7, 11) is 2.01. The van der Waals surface area contributed by atoms with Gasteiger partial charge in [0.25, 0.3) is 5.91 Å². The molecule has 0 radical (unpaired) electrons. The van der Waals surface area contributed by atoms with Gasteiger partial charge >= 0.3 is 0 Å². The minimum atomic E-state index is -0.0179. The number of benzene rings is 2. The fraction of sp³-hybridized carbons (Fsp3) is 0.367. The van der Waals surface area contributed by atoms with Crippen LogP contribution in [-0.4, -0.2) is 46.5 Å². The molecule has 0 saturated heterocycles. The Hall–Kier alpha value is -3.00. The Balaban J connectivity index is 1.53. The number of halogens is 1. The first-order valence-electron chi connectivity index (χ1n) is 13.2. The van der Waals surface area contributed by atoms with E-state index >= 15 is 0 Å². The van der Waals surface area contributed by atoms with Crippen LogP contribution in [-0.2, 0) is 6.54 Å². The van der Waals surface area contributed by atoms with Gasteiger partial charge in [-0.1, -0.05) is 35.9 Å². The maximum absolute atomic E-state index is 14.2. The summed E-state index contributed by atoms with van der Waals surface area (Å²) in [6, 6.07) is 14.7. The number of rotatable bonds is 8. The molecule has 1 aliphatic carbocycles. The van der Waals surface area contributed by atoms with E-state index in [1.807, 2.05) is 74.6 Å². The lowest BCUT2D eigenvalue weighted by Gasteiger charge is -2.37. The normalized spacial score (nSPS) is 17.5. The van der Waals surface area contributed by atoms with Crippen molar-refractivity contribution in [3.63, 3.8) is 0 Å². The number of hydrogen-bond acceptors (Lipinski definition) is 6. The van der Waals surface area contributed by atoms with E-state index in [1.54, 1.807) is 0 Å². The molecule has 0 atom stereocenters. The molecular formula is C30H33ClN4O2S. The summed E-state index contributed by atoms with van der Waals surface area (Å²) in [6.45, 7) is 4.83. The van der Waals surface area contributed by atoms with E-state index in [2.05, 4.69) is 21.4 Å². The summed E-state index contributed by atoms with van der Waals surface area (Å²) in [5.74, 6) is 1.50. The third kappa shape index (κ3) is 5.55. The molecule has 0 unspecified atom stereocenters. The van der Waals surface area contributed by atoms with Gasteiger partial charge in [-0.2, -0.15) is 0 Å². The average Bonchev–Trinajstić information content (AvgIpc) is 3.29. The Kier molecular flexibility index (Phi) is 8.27. The smallest absolute Gasteiger partial charge is 0.266 e. The Labute approximate surface area is 233 Å². The fourth-order valence-corrected chi connectivity index (χ4v) is 6.70. The molecule has 1 amide bonds. The van der Waals surface area contributed by atoms with Crippen LogP contribution in [0.5, 0.6) is 5.75 Å². The molecule has 1 N–H and O–H groups in total. The van der Waals surface area contributed by atoms with Crippen molar-refractivity contribution in [1.82, 2.24) is 20.2 Å². The molecule has 0 bridgehead atoms. The van der Waals surface area contributed by atoms with Gasteiger partial charge in [-0.15, -0.1) is 11.3 Å². The SMILES string of the molecule is CCOc1ccc(-c2cnc(C)nc2)cc1CN(C(=O)c1sc2ccccc2c1Cl)[C@H]1CC[C@@H](NC)CC1. The molecule has 1 aliphatic rings. The minimum Gasteiger partial charge on any atom is -0.494 e. The predicted molar refractivity (Wildman–Crippen MR) is 155 cm³/mol. The molecule has 38 heavy (non-hydrogen) atoms. The van der Waals surface area contributed by atoms with Gasteiger partial charge in [-0.3, -0.25) is 4.79 Å². The predicted octanol–water partition coefficient (Wildman–Crippen LogP) is 6.89. The van der Waals surface area contributed by atoms with E-state index in [0.717, 1.165) is 64.0 Å². The zero-order valence-electron chi connectivity index (χ0n) is 22.0.